The second-order valence-corrected chi connectivity index (χ2v) is 6.21. The summed E-state index contributed by atoms with van der Waals surface area (Å²) in [7, 11) is 1.47. The molecule has 0 aliphatic rings. The molecular formula is C11H14N2O2S2. The molecule has 0 aliphatic heterocycles. The summed E-state index contributed by atoms with van der Waals surface area (Å²) >= 11 is 1.67. The standard InChI is InChI=1S/C11H14N2O2S2/c1-4-17(11-9(14-3)5-6-16-11)13-10-7-8(2)15-12-10/h4-7H,1-3H3,(H,12,13). The lowest BCUT2D eigenvalue weighted by atomic mass is 10.5. The van der Waals surface area contributed by atoms with Gasteiger partial charge in [-0.1, -0.05) is 15.8 Å². The Kier molecular flexibility index (Phi) is 3.86. The zero-order valence-corrected chi connectivity index (χ0v) is 11.5. The fraction of sp³-hybridized carbons (Fsp3) is 0.273. The molecule has 2 heterocycles. The fourth-order valence-corrected chi connectivity index (χ4v) is 4.03. The molecule has 0 fully saturated rings. The average molecular weight is 270 g/mol. The molecule has 0 saturated heterocycles. The molecule has 2 aromatic heterocycles. The summed E-state index contributed by atoms with van der Waals surface area (Å²) in [5, 5.41) is 8.05. The van der Waals surface area contributed by atoms with Crippen molar-refractivity contribution in [1.29, 1.82) is 0 Å². The molecule has 1 N–H and O–H groups in total. The number of nitrogens with zero attached hydrogens (tertiary/aromatic N) is 1. The van der Waals surface area contributed by atoms with E-state index in [-0.39, 0.29) is 10.7 Å². The van der Waals surface area contributed by atoms with E-state index in [4.69, 9.17) is 9.26 Å². The monoisotopic (exact) mass is 270 g/mol. The average Bonchev–Trinajstić information content (AvgIpc) is 2.94. The van der Waals surface area contributed by atoms with Crippen LogP contribution in [0, 0.1) is 6.92 Å². The van der Waals surface area contributed by atoms with E-state index < -0.39 is 0 Å². The van der Waals surface area contributed by atoms with Crippen LogP contribution in [-0.4, -0.2) is 17.6 Å². The molecule has 17 heavy (non-hydrogen) atoms. The SMILES string of the molecule is C/C=S(/Nc1cc(C)on1)c1sccc1OC. The second-order valence-electron chi connectivity index (χ2n) is 3.27. The third kappa shape index (κ3) is 2.70. The van der Waals surface area contributed by atoms with Crippen molar-refractivity contribution in [2.45, 2.75) is 18.1 Å². The molecule has 0 aliphatic carbocycles. The van der Waals surface area contributed by atoms with Gasteiger partial charge in [-0.25, -0.2) is 0 Å². The van der Waals surface area contributed by atoms with Gasteiger partial charge in [0.15, 0.2) is 5.82 Å². The Morgan fingerprint density at radius 2 is 2.41 bits per heavy atom. The number of anilines is 1. The highest BCUT2D eigenvalue weighted by Crippen LogP contribution is 2.39. The smallest absolute Gasteiger partial charge is 0.179 e. The van der Waals surface area contributed by atoms with Gasteiger partial charge in [-0.2, -0.15) is 0 Å². The van der Waals surface area contributed by atoms with Crippen LogP contribution in [0.1, 0.15) is 12.7 Å². The number of ether oxygens (including phenoxy) is 1. The lowest BCUT2D eigenvalue weighted by molar-refractivity contribution is 0.400. The molecular weight excluding hydrogens is 256 g/mol. The quantitative estimate of drug-likeness (QED) is 0.863. The van der Waals surface area contributed by atoms with Crippen LogP contribution >= 0.6 is 22.0 Å². The predicted octanol–water partition coefficient (Wildman–Crippen LogP) is 3.53. The maximum absolute atomic E-state index is 5.32. The first-order valence-corrected chi connectivity index (χ1v) is 7.25. The highest BCUT2D eigenvalue weighted by molar-refractivity contribution is 8.17. The number of nitrogens with one attached hydrogen (secondary N) is 1. The number of aromatic nitrogens is 1. The van der Waals surface area contributed by atoms with Crippen molar-refractivity contribution in [3.05, 3.63) is 23.3 Å². The summed E-state index contributed by atoms with van der Waals surface area (Å²) in [4.78, 5) is 0. The topological polar surface area (TPSA) is 47.3 Å². The van der Waals surface area contributed by atoms with Crippen LogP contribution in [0.5, 0.6) is 5.75 Å². The molecule has 1 unspecified atom stereocenters. The van der Waals surface area contributed by atoms with Crippen molar-refractivity contribution in [2.75, 3.05) is 11.8 Å². The number of hydrogen-bond acceptors (Lipinski definition) is 5. The van der Waals surface area contributed by atoms with E-state index in [0.29, 0.717) is 0 Å². The minimum Gasteiger partial charge on any atom is -0.495 e. The van der Waals surface area contributed by atoms with Crippen molar-refractivity contribution in [3.8, 4) is 5.75 Å². The molecule has 2 rings (SSSR count). The van der Waals surface area contributed by atoms with E-state index in [9.17, 15) is 0 Å². The lowest BCUT2D eigenvalue weighted by Crippen LogP contribution is -1.92. The van der Waals surface area contributed by atoms with Crippen molar-refractivity contribution in [3.63, 3.8) is 0 Å². The molecule has 6 heteroatoms. The van der Waals surface area contributed by atoms with Crippen LogP contribution in [0.3, 0.4) is 0 Å². The van der Waals surface area contributed by atoms with Crippen LogP contribution < -0.4 is 9.46 Å². The maximum Gasteiger partial charge on any atom is 0.179 e. The van der Waals surface area contributed by atoms with Crippen LogP contribution in [0.4, 0.5) is 5.82 Å². The van der Waals surface area contributed by atoms with Gasteiger partial charge in [0.2, 0.25) is 0 Å². The summed E-state index contributed by atoms with van der Waals surface area (Å²) in [5.41, 5.74) is 0. The normalized spacial score (nSPS) is 12.6. The number of rotatable bonds is 4. The fourth-order valence-electron chi connectivity index (χ4n) is 1.33. The van der Waals surface area contributed by atoms with Gasteiger partial charge in [-0.3, -0.25) is 0 Å². The second kappa shape index (κ2) is 5.37. The summed E-state index contributed by atoms with van der Waals surface area (Å²) < 4.78 is 14.8. The van der Waals surface area contributed by atoms with Gasteiger partial charge in [-0.05, 0) is 30.7 Å². The molecule has 4 nitrogen and oxygen atoms in total. The minimum absolute atomic E-state index is 0.217. The molecule has 0 amide bonds. The van der Waals surface area contributed by atoms with E-state index in [2.05, 4.69) is 15.2 Å². The van der Waals surface area contributed by atoms with Gasteiger partial charge in [0, 0.05) is 6.07 Å². The van der Waals surface area contributed by atoms with Gasteiger partial charge in [-0.15, -0.1) is 11.3 Å². The maximum atomic E-state index is 5.32. The van der Waals surface area contributed by atoms with Crippen molar-refractivity contribution in [2.24, 2.45) is 0 Å². The van der Waals surface area contributed by atoms with Gasteiger partial charge >= 0.3 is 0 Å². The number of methoxy groups -OCH3 is 1. The predicted molar refractivity (Wildman–Crippen MR) is 73.3 cm³/mol. The van der Waals surface area contributed by atoms with E-state index in [1.165, 1.54) is 0 Å². The minimum atomic E-state index is -0.217. The molecule has 0 spiro atoms. The highest BCUT2D eigenvalue weighted by atomic mass is 32.2. The number of aryl methyl sites for hydroxylation is 1. The van der Waals surface area contributed by atoms with Crippen molar-refractivity contribution < 1.29 is 9.26 Å². The lowest BCUT2D eigenvalue weighted by Gasteiger charge is -2.09. The summed E-state index contributed by atoms with van der Waals surface area (Å²) in [6, 6.07) is 3.85. The van der Waals surface area contributed by atoms with Gasteiger partial charge in [0.1, 0.15) is 15.7 Å². The van der Waals surface area contributed by atoms with Gasteiger partial charge in [0.05, 0.1) is 7.11 Å². The zero-order chi connectivity index (χ0) is 12.3. The Bertz CT molecular complexity index is 531. The van der Waals surface area contributed by atoms with Gasteiger partial charge < -0.3 is 14.0 Å². The first kappa shape index (κ1) is 12.2. The van der Waals surface area contributed by atoms with Crippen molar-refractivity contribution in [1.82, 2.24) is 5.16 Å². The molecule has 1 atom stereocenters. The highest BCUT2D eigenvalue weighted by Gasteiger charge is 2.10. The molecule has 0 aromatic carbocycles. The Morgan fingerprint density at radius 1 is 1.59 bits per heavy atom. The summed E-state index contributed by atoms with van der Waals surface area (Å²) in [6.45, 7) is 3.89. The van der Waals surface area contributed by atoms with Crippen LogP contribution in [0.2, 0.25) is 0 Å². The Labute approximate surface area is 107 Å². The first-order valence-electron chi connectivity index (χ1n) is 5.08. The summed E-state index contributed by atoms with van der Waals surface area (Å²) in [5.74, 6) is 2.45. The van der Waals surface area contributed by atoms with E-state index in [1.807, 2.05) is 31.4 Å². The van der Waals surface area contributed by atoms with E-state index >= 15 is 0 Å². The first-order chi connectivity index (χ1) is 8.24. The Balaban J connectivity index is 2.23. The third-order valence-electron chi connectivity index (χ3n) is 2.09. The Morgan fingerprint density at radius 3 is 3.00 bits per heavy atom. The largest absolute Gasteiger partial charge is 0.495 e. The number of thiophene rings is 1. The molecule has 92 valence electrons. The zero-order valence-electron chi connectivity index (χ0n) is 9.89. The molecule has 0 bridgehead atoms. The molecule has 0 radical (unpaired) electrons. The van der Waals surface area contributed by atoms with E-state index in [0.717, 1.165) is 21.5 Å². The molecule has 2 aromatic rings. The van der Waals surface area contributed by atoms with Crippen LogP contribution in [-0.2, 0) is 0 Å². The van der Waals surface area contributed by atoms with Crippen LogP contribution in [0.15, 0.2) is 26.2 Å². The third-order valence-corrected chi connectivity index (χ3v) is 5.11. The number of hydrogen-bond donors (Lipinski definition) is 1. The van der Waals surface area contributed by atoms with Gasteiger partial charge in [0.25, 0.3) is 0 Å². The van der Waals surface area contributed by atoms with Crippen molar-refractivity contribution >= 4 is 33.2 Å². The van der Waals surface area contributed by atoms with Crippen LogP contribution in [0.25, 0.3) is 0 Å². The summed E-state index contributed by atoms with van der Waals surface area (Å²) in [6.07, 6.45) is 0. The Hall–Kier alpha value is -1.27. The van der Waals surface area contributed by atoms with E-state index in [1.54, 1.807) is 18.4 Å². The molecule has 0 saturated carbocycles.